The summed E-state index contributed by atoms with van der Waals surface area (Å²) in [5.41, 5.74) is 5.73. The molecular weight excluding hydrogens is 294 g/mol. The predicted molar refractivity (Wildman–Crippen MR) is 90.8 cm³/mol. The molecule has 1 amide bonds. The van der Waals surface area contributed by atoms with Crippen LogP contribution in [0.2, 0.25) is 0 Å². The van der Waals surface area contributed by atoms with Crippen molar-refractivity contribution in [3.8, 4) is 0 Å². The van der Waals surface area contributed by atoms with Crippen LogP contribution in [-0.4, -0.2) is 42.2 Å². The van der Waals surface area contributed by atoms with Gasteiger partial charge in [-0.15, -0.1) is 0 Å². The molecule has 130 valence electrons. The number of hydrogen-bond donors (Lipinski definition) is 4. The Bertz CT molecular complexity index is 448. The zero-order valence-corrected chi connectivity index (χ0v) is 14.2. The normalized spacial score (nSPS) is 24.0. The summed E-state index contributed by atoms with van der Waals surface area (Å²) in [4.78, 5) is 23.7. The van der Waals surface area contributed by atoms with Crippen molar-refractivity contribution < 1.29 is 14.7 Å². The third-order valence-corrected chi connectivity index (χ3v) is 4.37. The molecule has 1 aliphatic rings. The van der Waals surface area contributed by atoms with Crippen LogP contribution in [0.5, 0.6) is 0 Å². The molecule has 6 nitrogen and oxygen atoms in total. The van der Waals surface area contributed by atoms with E-state index >= 15 is 0 Å². The fourth-order valence-electron chi connectivity index (χ4n) is 2.65. The Hall–Kier alpha value is -1.66. The van der Waals surface area contributed by atoms with E-state index in [1.54, 1.807) is 7.05 Å². The summed E-state index contributed by atoms with van der Waals surface area (Å²) < 4.78 is 0. The van der Waals surface area contributed by atoms with Gasteiger partial charge in [0.1, 0.15) is 6.04 Å². The molecule has 0 bridgehead atoms. The molecule has 1 rings (SSSR count). The molecular formula is C17H29N3O3. The van der Waals surface area contributed by atoms with Gasteiger partial charge >= 0.3 is 5.97 Å². The van der Waals surface area contributed by atoms with Crippen LogP contribution in [0.15, 0.2) is 24.3 Å². The number of nitrogens with one attached hydrogen (secondary N) is 2. The van der Waals surface area contributed by atoms with Crippen LogP contribution in [0.1, 0.15) is 33.1 Å². The number of amides is 1. The third-order valence-electron chi connectivity index (χ3n) is 4.37. The van der Waals surface area contributed by atoms with Crippen molar-refractivity contribution >= 4 is 11.9 Å². The van der Waals surface area contributed by atoms with Gasteiger partial charge in [-0.3, -0.25) is 4.79 Å². The van der Waals surface area contributed by atoms with Crippen molar-refractivity contribution in [3.05, 3.63) is 24.3 Å². The number of nitrogens with two attached hydrogens (primary N) is 1. The Balaban J connectivity index is 2.58. The minimum Gasteiger partial charge on any atom is -0.480 e. The van der Waals surface area contributed by atoms with Crippen molar-refractivity contribution in [2.75, 3.05) is 7.05 Å². The van der Waals surface area contributed by atoms with Gasteiger partial charge in [-0.2, -0.15) is 0 Å². The molecule has 0 fully saturated rings. The minimum atomic E-state index is -1.00. The van der Waals surface area contributed by atoms with Crippen LogP contribution >= 0.6 is 0 Å². The molecule has 0 aromatic carbocycles. The first-order chi connectivity index (χ1) is 10.9. The summed E-state index contributed by atoms with van der Waals surface area (Å²) in [6.07, 6.45) is 9.66. The number of aliphatic carboxylic acids is 1. The highest BCUT2D eigenvalue weighted by Crippen LogP contribution is 2.17. The van der Waals surface area contributed by atoms with Gasteiger partial charge < -0.3 is 21.5 Å². The van der Waals surface area contributed by atoms with Gasteiger partial charge in [0.25, 0.3) is 0 Å². The zero-order chi connectivity index (χ0) is 17.4. The SMILES string of the molecule is CC[C@@H](C)[C@@H](NC)C(=O)N[C@H](CCC1C=CC(N)C=C1)C(=O)O. The van der Waals surface area contributed by atoms with Crippen LogP contribution in [0, 0.1) is 11.8 Å². The number of carbonyl (C=O) groups excluding carboxylic acids is 1. The van der Waals surface area contributed by atoms with E-state index < -0.39 is 12.0 Å². The number of carboxylic acid groups (broad SMARTS) is 1. The van der Waals surface area contributed by atoms with E-state index in [0.29, 0.717) is 12.8 Å². The van der Waals surface area contributed by atoms with E-state index in [-0.39, 0.29) is 29.8 Å². The summed E-state index contributed by atoms with van der Waals surface area (Å²) in [7, 11) is 1.72. The van der Waals surface area contributed by atoms with Crippen molar-refractivity contribution in [2.24, 2.45) is 17.6 Å². The molecule has 0 unspecified atom stereocenters. The fraction of sp³-hybridized carbons (Fsp3) is 0.647. The molecule has 0 aromatic heterocycles. The number of carboxylic acids is 1. The molecule has 0 saturated heterocycles. The van der Waals surface area contributed by atoms with E-state index in [1.165, 1.54) is 0 Å². The molecule has 0 saturated carbocycles. The monoisotopic (exact) mass is 323 g/mol. The first-order valence-electron chi connectivity index (χ1n) is 8.21. The van der Waals surface area contributed by atoms with Crippen molar-refractivity contribution in [1.82, 2.24) is 10.6 Å². The smallest absolute Gasteiger partial charge is 0.326 e. The van der Waals surface area contributed by atoms with Gasteiger partial charge in [0.2, 0.25) is 5.91 Å². The Morgan fingerprint density at radius 3 is 2.35 bits per heavy atom. The predicted octanol–water partition coefficient (Wildman–Crippen LogP) is 1.04. The Morgan fingerprint density at radius 2 is 1.87 bits per heavy atom. The number of likely N-dealkylation sites (N-methyl/N-ethyl adjacent to an activating group) is 1. The summed E-state index contributed by atoms with van der Waals surface area (Å²) in [5, 5.41) is 15.0. The van der Waals surface area contributed by atoms with E-state index in [0.717, 1.165) is 6.42 Å². The second kappa shape index (κ2) is 9.47. The van der Waals surface area contributed by atoms with E-state index in [2.05, 4.69) is 10.6 Å². The first kappa shape index (κ1) is 19.4. The maximum Gasteiger partial charge on any atom is 0.326 e. The van der Waals surface area contributed by atoms with Crippen molar-refractivity contribution in [1.29, 1.82) is 0 Å². The molecule has 0 aromatic rings. The number of rotatable bonds is 9. The van der Waals surface area contributed by atoms with Crippen LogP contribution in [0.3, 0.4) is 0 Å². The highest BCUT2D eigenvalue weighted by Gasteiger charge is 2.27. The van der Waals surface area contributed by atoms with Gasteiger partial charge in [0.15, 0.2) is 0 Å². The highest BCUT2D eigenvalue weighted by molar-refractivity contribution is 5.87. The first-order valence-corrected chi connectivity index (χ1v) is 8.21. The molecule has 0 heterocycles. The van der Waals surface area contributed by atoms with E-state index in [9.17, 15) is 14.7 Å². The quantitative estimate of drug-likeness (QED) is 0.475. The van der Waals surface area contributed by atoms with E-state index in [1.807, 2.05) is 38.2 Å². The molecule has 0 spiro atoms. The maximum absolute atomic E-state index is 12.3. The molecule has 0 radical (unpaired) electrons. The lowest BCUT2D eigenvalue weighted by Gasteiger charge is -2.24. The zero-order valence-electron chi connectivity index (χ0n) is 14.2. The number of carbonyl (C=O) groups is 2. The van der Waals surface area contributed by atoms with Crippen LogP contribution in [-0.2, 0) is 9.59 Å². The highest BCUT2D eigenvalue weighted by atomic mass is 16.4. The maximum atomic E-state index is 12.3. The Kier molecular flexibility index (Phi) is 7.98. The average molecular weight is 323 g/mol. The second-order valence-electron chi connectivity index (χ2n) is 6.14. The average Bonchev–Trinajstić information content (AvgIpc) is 2.53. The van der Waals surface area contributed by atoms with Crippen LogP contribution in [0.4, 0.5) is 0 Å². The third kappa shape index (κ3) is 6.15. The van der Waals surface area contributed by atoms with Crippen molar-refractivity contribution in [3.63, 3.8) is 0 Å². The Morgan fingerprint density at radius 1 is 1.26 bits per heavy atom. The molecule has 0 aliphatic heterocycles. The number of allylic oxidation sites excluding steroid dienone is 2. The lowest BCUT2D eigenvalue weighted by molar-refractivity contribution is -0.142. The fourth-order valence-corrected chi connectivity index (χ4v) is 2.65. The van der Waals surface area contributed by atoms with Gasteiger partial charge in [-0.05, 0) is 31.7 Å². The van der Waals surface area contributed by atoms with E-state index in [4.69, 9.17) is 5.73 Å². The number of hydrogen-bond acceptors (Lipinski definition) is 4. The molecule has 6 heteroatoms. The minimum absolute atomic E-state index is 0.0619. The van der Waals surface area contributed by atoms with Crippen molar-refractivity contribution in [2.45, 2.75) is 51.2 Å². The standard InChI is InChI=1S/C17H29N3O3/c1-4-11(2)15(19-3)16(21)20-14(17(22)23)10-7-12-5-8-13(18)9-6-12/h5-6,8-9,11-15,19H,4,7,10,18H2,1-3H3,(H,20,21)(H,22,23)/t11-,12?,13?,14-,15-/m1/s1. The van der Waals surface area contributed by atoms with Gasteiger partial charge in [0, 0.05) is 6.04 Å². The Labute approximate surface area is 138 Å². The van der Waals surface area contributed by atoms with Gasteiger partial charge in [-0.1, -0.05) is 44.6 Å². The second-order valence-corrected chi connectivity index (χ2v) is 6.14. The summed E-state index contributed by atoms with van der Waals surface area (Å²) >= 11 is 0. The largest absolute Gasteiger partial charge is 0.480 e. The molecule has 3 atom stereocenters. The lowest BCUT2D eigenvalue weighted by Crippen LogP contribution is -2.51. The summed E-state index contributed by atoms with van der Waals surface area (Å²) in [5.74, 6) is -0.952. The van der Waals surface area contributed by atoms with Crippen LogP contribution in [0.25, 0.3) is 0 Å². The molecule has 5 N–H and O–H groups in total. The van der Waals surface area contributed by atoms with Gasteiger partial charge in [0.05, 0.1) is 6.04 Å². The summed E-state index contributed by atoms with van der Waals surface area (Å²) in [6.45, 7) is 3.97. The topological polar surface area (TPSA) is 104 Å². The molecule has 23 heavy (non-hydrogen) atoms. The van der Waals surface area contributed by atoms with Gasteiger partial charge in [-0.25, -0.2) is 4.79 Å². The molecule has 1 aliphatic carbocycles. The van der Waals surface area contributed by atoms with Crippen LogP contribution < -0.4 is 16.4 Å². The summed E-state index contributed by atoms with van der Waals surface area (Å²) in [6, 6.07) is -1.32. The lowest BCUT2D eigenvalue weighted by atomic mass is 9.94.